The van der Waals surface area contributed by atoms with Crippen LogP contribution in [0.5, 0.6) is 11.5 Å². The average Bonchev–Trinajstić information content (AvgIpc) is 2.69. The van der Waals surface area contributed by atoms with Gasteiger partial charge in [-0.25, -0.2) is 0 Å². The molecule has 1 aliphatic rings. The molecule has 2 N–H and O–H groups in total. The van der Waals surface area contributed by atoms with Gasteiger partial charge in [0.15, 0.2) is 11.5 Å². The summed E-state index contributed by atoms with van der Waals surface area (Å²) in [7, 11) is 5.11. The van der Waals surface area contributed by atoms with Gasteiger partial charge < -0.3 is 25.0 Å². The summed E-state index contributed by atoms with van der Waals surface area (Å²) in [6, 6.07) is 3.96. The summed E-state index contributed by atoms with van der Waals surface area (Å²) in [5.74, 6) is 1.58. The second kappa shape index (κ2) is 10.8. The summed E-state index contributed by atoms with van der Waals surface area (Å²) < 4.78 is 10.7. The SMILES string of the molecule is CNCCCC(=O)NCCCC(=O)N1CCc2cc(OC)c(OC)cc2C1. The summed E-state index contributed by atoms with van der Waals surface area (Å²) in [5, 5.41) is 5.89. The molecule has 1 aromatic carbocycles. The largest absolute Gasteiger partial charge is 0.493 e. The predicted molar refractivity (Wildman–Crippen MR) is 104 cm³/mol. The van der Waals surface area contributed by atoms with Gasteiger partial charge in [-0.15, -0.1) is 0 Å². The Balaban J connectivity index is 1.78. The molecule has 0 spiro atoms. The second-order valence-electron chi connectivity index (χ2n) is 6.70. The Bertz CT molecular complexity index is 648. The number of benzene rings is 1. The van der Waals surface area contributed by atoms with Crippen molar-refractivity contribution >= 4 is 11.8 Å². The highest BCUT2D eigenvalue weighted by Crippen LogP contribution is 2.33. The van der Waals surface area contributed by atoms with Crippen molar-refractivity contribution < 1.29 is 19.1 Å². The van der Waals surface area contributed by atoms with E-state index >= 15 is 0 Å². The Kier molecular flexibility index (Phi) is 8.39. The van der Waals surface area contributed by atoms with Crippen molar-refractivity contribution in [3.05, 3.63) is 23.3 Å². The van der Waals surface area contributed by atoms with Crippen LogP contribution in [0.3, 0.4) is 0 Å². The van der Waals surface area contributed by atoms with E-state index in [0.29, 0.717) is 44.6 Å². The number of nitrogens with zero attached hydrogens (tertiary/aromatic N) is 1. The molecular formula is C20H31N3O4. The van der Waals surface area contributed by atoms with Gasteiger partial charge in [0.25, 0.3) is 0 Å². The van der Waals surface area contributed by atoms with Crippen LogP contribution < -0.4 is 20.1 Å². The monoisotopic (exact) mass is 377 g/mol. The molecule has 2 rings (SSSR count). The first-order chi connectivity index (χ1) is 13.1. The van der Waals surface area contributed by atoms with Crippen LogP contribution in [-0.4, -0.2) is 57.6 Å². The topological polar surface area (TPSA) is 79.9 Å². The number of fused-ring (bicyclic) bond motifs is 1. The number of carbonyl (C=O) groups is 2. The number of hydrogen-bond acceptors (Lipinski definition) is 5. The number of rotatable bonds is 10. The van der Waals surface area contributed by atoms with Gasteiger partial charge >= 0.3 is 0 Å². The summed E-state index contributed by atoms with van der Waals surface area (Å²) in [4.78, 5) is 26.0. The first-order valence-electron chi connectivity index (χ1n) is 9.52. The highest BCUT2D eigenvalue weighted by atomic mass is 16.5. The molecule has 0 radical (unpaired) electrons. The van der Waals surface area contributed by atoms with Crippen molar-refractivity contribution in [1.29, 1.82) is 0 Å². The molecule has 7 nitrogen and oxygen atoms in total. The molecule has 0 saturated carbocycles. The fourth-order valence-electron chi connectivity index (χ4n) is 3.24. The van der Waals surface area contributed by atoms with E-state index in [0.717, 1.165) is 30.7 Å². The first-order valence-corrected chi connectivity index (χ1v) is 9.52. The van der Waals surface area contributed by atoms with Crippen molar-refractivity contribution in [2.45, 2.75) is 38.6 Å². The van der Waals surface area contributed by atoms with E-state index in [2.05, 4.69) is 10.6 Å². The minimum absolute atomic E-state index is 0.0469. The first kappa shape index (κ1) is 21.0. The van der Waals surface area contributed by atoms with Gasteiger partial charge in [-0.2, -0.15) is 0 Å². The molecule has 27 heavy (non-hydrogen) atoms. The highest BCUT2D eigenvalue weighted by molar-refractivity contribution is 5.77. The van der Waals surface area contributed by atoms with Crippen LogP contribution in [0, 0.1) is 0 Å². The fourth-order valence-corrected chi connectivity index (χ4v) is 3.24. The molecule has 0 aliphatic carbocycles. The molecule has 0 bridgehead atoms. The van der Waals surface area contributed by atoms with Gasteiger partial charge in [-0.1, -0.05) is 0 Å². The van der Waals surface area contributed by atoms with Crippen molar-refractivity contribution in [2.75, 3.05) is 40.9 Å². The van der Waals surface area contributed by atoms with Crippen LogP contribution >= 0.6 is 0 Å². The maximum Gasteiger partial charge on any atom is 0.222 e. The van der Waals surface area contributed by atoms with E-state index < -0.39 is 0 Å². The molecule has 2 amide bonds. The van der Waals surface area contributed by atoms with E-state index in [1.54, 1.807) is 14.2 Å². The zero-order valence-electron chi connectivity index (χ0n) is 16.6. The molecule has 150 valence electrons. The van der Waals surface area contributed by atoms with E-state index in [-0.39, 0.29) is 11.8 Å². The Hall–Kier alpha value is -2.28. The van der Waals surface area contributed by atoms with Crippen molar-refractivity contribution in [1.82, 2.24) is 15.5 Å². The number of amides is 2. The van der Waals surface area contributed by atoms with Gasteiger partial charge in [0.1, 0.15) is 0 Å². The maximum atomic E-state index is 12.5. The Morgan fingerprint density at radius 3 is 2.37 bits per heavy atom. The van der Waals surface area contributed by atoms with E-state index in [1.165, 1.54) is 5.56 Å². The van der Waals surface area contributed by atoms with Gasteiger partial charge in [-0.3, -0.25) is 9.59 Å². The molecular weight excluding hydrogens is 346 g/mol. The number of ether oxygens (including phenoxy) is 2. The van der Waals surface area contributed by atoms with Crippen molar-refractivity contribution in [3.8, 4) is 11.5 Å². The lowest BCUT2D eigenvalue weighted by Gasteiger charge is -2.29. The van der Waals surface area contributed by atoms with E-state index in [9.17, 15) is 9.59 Å². The lowest BCUT2D eigenvalue weighted by molar-refractivity contribution is -0.132. The highest BCUT2D eigenvalue weighted by Gasteiger charge is 2.22. The second-order valence-corrected chi connectivity index (χ2v) is 6.70. The molecule has 7 heteroatoms. The van der Waals surface area contributed by atoms with Crippen molar-refractivity contribution in [3.63, 3.8) is 0 Å². The number of methoxy groups -OCH3 is 2. The van der Waals surface area contributed by atoms with Gasteiger partial charge in [0, 0.05) is 32.5 Å². The Morgan fingerprint density at radius 1 is 1.04 bits per heavy atom. The quantitative estimate of drug-likeness (QED) is 0.604. The van der Waals surface area contributed by atoms with Crippen LogP contribution in [-0.2, 0) is 22.6 Å². The number of hydrogen-bond donors (Lipinski definition) is 2. The summed E-state index contributed by atoms with van der Waals surface area (Å²) in [6.07, 6.45) is 3.25. The third-order valence-electron chi connectivity index (χ3n) is 4.79. The van der Waals surface area contributed by atoms with Gasteiger partial charge in [-0.05, 0) is 56.1 Å². The van der Waals surface area contributed by atoms with Crippen LogP contribution in [0.1, 0.15) is 36.8 Å². The molecule has 0 fully saturated rings. The molecule has 0 saturated heterocycles. The molecule has 0 atom stereocenters. The zero-order valence-corrected chi connectivity index (χ0v) is 16.6. The Morgan fingerprint density at radius 2 is 1.70 bits per heavy atom. The normalized spacial score (nSPS) is 13.1. The van der Waals surface area contributed by atoms with Crippen LogP contribution in [0.2, 0.25) is 0 Å². The molecule has 0 unspecified atom stereocenters. The van der Waals surface area contributed by atoms with Gasteiger partial charge in [0.2, 0.25) is 11.8 Å². The van der Waals surface area contributed by atoms with Crippen LogP contribution in [0.4, 0.5) is 0 Å². The molecule has 1 heterocycles. The predicted octanol–water partition coefficient (Wildman–Crippen LogP) is 1.48. The molecule has 0 aromatic heterocycles. The summed E-state index contributed by atoms with van der Waals surface area (Å²) in [6.45, 7) is 2.67. The Labute approximate surface area is 161 Å². The summed E-state index contributed by atoms with van der Waals surface area (Å²) >= 11 is 0. The average molecular weight is 377 g/mol. The zero-order chi connectivity index (χ0) is 19.6. The third-order valence-corrected chi connectivity index (χ3v) is 4.79. The number of nitrogens with one attached hydrogen (secondary N) is 2. The van der Waals surface area contributed by atoms with Crippen LogP contribution in [0.25, 0.3) is 0 Å². The van der Waals surface area contributed by atoms with E-state index in [1.807, 2.05) is 24.1 Å². The lowest BCUT2D eigenvalue weighted by Crippen LogP contribution is -2.36. The minimum Gasteiger partial charge on any atom is -0.493 e. The van der Waals surface area contributed by atoms with Gasteiger partial charge in [0.05, 0.1) is 14.2 Å². The van der Waals surface area contributed by atoms with Crippen LogP contribution in [0.15, 0.2) is 12.1 Å². The fraction of sp³-hybridized carbons (Fsp3) is 0.600. The standard InChI is InChI=1S/C20H31N3O4/c1-21-9-4-6-19(24)22-10-5-7-20(25)23-11-8-15-12-17(26-2)18(27-3)13-16(15)14-23/h12-13,21H,4-11,14H2,1-3H3,(H,22,24). The van der Waals surface area contributed by atoms with E-state index in [4.69, 9.17) is 9.47 Å². The molecule has 1 aromatic rings. The lowest BCUT2D eigenvalue weighted by atomic mass is 9.98. The third kappa shape index (κ3) is 6.13. The summed E-state index contributed by atoms with van der Waals surface area (Å²) in [5.41, 5.74) is 2.30. The maximum absolute atomic E-state index is 12.5. The van der Waals surface area contributed by atoms with Crippen molar-refractivity contribution in [2.24, 2.45) is 0 Å². The number of carbonyl (C=O) groups excluding carboxylic acids is 2. The molecule has 1 aliphatic heterocycles. The minimum atomic E-state index is 0.0469. The smallest absolute Gasteiger partial charge is 0.222 e.